The molecule has 25 heavy (non-hydrogen) atoms. The zero-order chi connectivity index (χ0) is 16.9. The highest BCUT2D eigenvalue weighted by Gasteiger charge is 2.48. The summed E-state index contributed by atoms with van der Waals surface area (Å²) in [5.41, 5.74) is 8.81. The Balaban J connectivity index is 1.85. The Kier molecular flexibility index (Phi) is 2.82. The van der Waals surface area contributed by atoms with Gasteiger partial charge in [-0.1, -0.05) is 24.3 Å². The molecule has 4 heterocycles. The van der Waals surface area contributed by atoms with E-state index in [9.17, 15) is 0 Å². The lowest BCUT2D eigenvalue weighted by molar-refractivity contribution is 0.263. The second kappa shape index (κ2) is 5.04. The lowest BCUT2D eigenvalue weighted by atomic mass is 9.79. The molecule has 1 aromatic carbocycles. The molecule has 1 atom stereocenters. The number of ether oxygens (including phenoxy) is 2. The van der Waals surface area contributed by atoms with Crippen LogP contribution < -0.4 is 10.5 Å². The van der Waals surface area contributed by atoms with Gasteiger partial charge < -0.3 is 15.2 Å². The number of hydrogen-bond acceptors (Lipinski definition) is 6. The van der Waals surface area contributed by atoms with Crippen LogP contribution in [0, 0.1) is 0 Å². The average Bonchev–Trinajstić information content (AvgIpc) is 3.04. The largest absolute Gasteiger partial charge is 0.462 e. The molecule has 2 aliphatic heterocycles. The van der Waals surface area contributed by atoms with Crippen LogP contribution in [0.25, 0.3) is 11.1 Å². The second-order valence-corrected chi connectivity index (χ2v) is 5.98. The maximum absolute atomic E-state index is 6.06. The quantitative estimate of drug-likeness (QED) is 0.742. The van der Waals surface area contributed by atoms with Crippen LogP contribution in [0.2, 0.25) is 0 Å². The number of benzene rings is 1. The molecule has 3 aromatic rings. The first-order valence-electron chi connectivity index (χ1n) is 7.93. The first-order valence-corrected chi connectivity index (χ1v) is 7.93. The summed E-state index contributed by atoms with van der Waals surface area (Å²) in [5.74, 6) is 1.23. The summed E-state index contributed by atoms with van der Waals surface area (Å²) in [6.07, 6.45) is 5.28. The van der Waals surface area contributed by atoms with Gasteiger partial charge in [-0.3, -0.25) is 4.98 Å². The van der Waals surface area contributed by atoms with Crippen molar-refractivity contribution in [1.82, 2.24) is 9.97 Å². The predicted octanol–water partition coefficient (Wildman–Crippen LogP) is 2.84. The number of aromatic nitrogens is 2. The molecule has 0 fully saturated rings. The standard InChI is InChI=1S/C19H14N4O2/c20-18-23-19(11-24-18)14-5-1-2-6-15(14)25-17-16(19)13(7-9-22-17)12-4-3-8-21-10-12/h1-10H,11H2,(H2,20,23). The summed E-state index contributed by atoms with van der Waals surface area (Å²) in [5, 5.41) is 0. The third-order valence-electron chi connectivity index (χ3n) is 4.57. The van der Waals surface area contributed by atoms with E-state index in [0.29, 0.717) is 18.2 Å². The molecule has 2 aromatic heterocycles. The summed E-state index contributed by atoms with van der Waals surface area (Å²) in [6.45, 7) is 0.311. The maximum atomic E-state index is 6.06. The Morgan fingerprint density at radius 1 is 1.04 bits per heavy atom. The summed E-state index contributed by atoms with van der Waals surface area (Å²) in [7, 11) is 0. The summed E-state index contributed by atoms with van der Waals surface area (Å²) >= 11 is 0. The first-order chi connectivity index (χ1) is 12.3. The molecule has 0 bridgehead atoms. The fourth-order valence-electron chi connectivity index (χ4n) is 3.52. The number of fused-ring (bicyclic) bond motifs is 4. The second-order valence-electron chi connectivity index (χ2n) is 5.98. The minimum absolute atomic E-state index is 0.170. The molecule has 2 N–H and O–H groups in total. The fourth-order valence-corrected chi connectivity index (χ4v) is 3.52. The number of pyridine rings is 2. The van der Waals surface area contributed by atoms with Gasteiger partial charge in [-0.05, 0) is 23.8 Å². The number of hydrogen-bond donors (Lipinski definition) is 1. The van der Waals surface area contributed by atoms with Gasteiger partial charge in [-0.2, -0.15) is 0 Å². The Bertz CT molecular complexity index is 1000. The number of amidine groups is 1. The smallest absolute Gasteiger partial charge is 0.283 e. The molecule has 0 radical (unpaired) electrons. The van der Waals surface area contributed by atoms with E-state index < -0.39 is 5.54 Å². The Labute approximate surface area is 144 Å². The van der Waals surface area contributed by atoms with Crippen molar-refractivity contribution in [2.24, 2.45) is 10.7 Å². The van der Waals surface area contributed by atoms with Gasteiger partial charge in [0.2, 0.25) is 5.88 Å². The van der Waals surface area contributed by atoms with Crippen LogP contribution in [-0.4, -0.2) is 22.6 Å². The van der Waals surface area contributed by atoms with Crippen LogP contribution in [-0.2, 0) is 10.3 Å². The topological polar surface area (TPSA) is 82.6 Å². The maximum Gasteiger partial charge on any atom is 0.283 e. The predicted molar refractivity (Wildman–Crippen MR) is 92.3 cm³/mol. The summed E-state index contributed by atoms with van der Waals surface area (Å²) in [6, 6.07) is 13.8. The van der Waals surface area contributed by atoms with E-state index in [1.54, 1.807) is 12.4 Å². The molecule has 0 saturated heterocycles. The Hall–Kier alpha value is -3.41. The van der Waals surface area contributed by atoms with Gasteiger partial charge in [0.05, 0.1) is 5.56 Å². The third kappa shape index (κ3) is 1.94. The van der Waals surface area contributed by atoms with Gasteiger partial charge in [-0.25, -0.2) is 9.98 Å². The van der Waals surface area contributed by atoms with Crippen LogP contribution in [0.1, 0.15) is 11.1 Å². The summed E-state index contributed by atoms with van der Waals surface area (Å²) in [4.78, 5) is 13.4. The van der Waals surface area contributed by atoms with Crippen LogP contribution >= 0.6 is 0 Å². The third-order valence-corrected chi connectivity index (χ3v) is 4.57. The molecule has 2 aliphatic rings. The van der Waals surface area contributed by atoms with Crippen LogP contribution in [0.5, 0.6) is 11.6 Å². The highest BCUT2D eigenvalue weighted by Crippen LogP contribution is 2.52. The number of nitrogens with two attached hydrogens (primary N) is 1. The van der Waals surface area contributed by atoms with Crippen molar-refractivity contribution in [3.8, 4) is 22.8 Å². The van der Waals surface area contributed by atoms with Crippen molar-refractivity contribution in [3.63, 3.8) is 0 Å². The van der Waals surface area contributed by atoms with Gasteiger partial charge in [0.25, 0.3) is 6.02 Å². The molecule has 1 spiro atoms. The minimum Gasteiger partial charge on any atom is -0.462 e. The van der Waals surface area contributed by atoms with Gasteiger partial charge in [0.1, 0.15) is 12.4 Å². The molecule has 5 rings (SSSR count). The lowest BCUT2D eigenvalue weighted by Gasteiger charge is -2.34. The average molecular weight is 330 g/mol. The van der Waals surface area contributed by atoms with Crippen LogP contribution in [0.3, 0.4) is 0 Å². The number of para-hydroxylation sites is 1. The molecule has 1 unspecified atom stereocenters. The van der Waals surface area contributed by atoms with Gasteiger partial charge >= 0.3 is 0 Å². The van der Waals surface area contributed by atoms with Crippen molar-refractivity contribution < 1.29 is 9.47 Å². The van der Waals surface area contributed by atoms with E-state index in [2.05, 4.69) is 15.0 Å². The zero-order valence-electron chi connectivity index (χ0n) is 13.2. The van der Waals surface area contributed by atoms with Crippen molar-refractivity contribution in [1.29, 1.82) is 0 Å². The molecule has 0 amide bonds. The van der Waals surface area contributed by atoms with Crippen molar-refractivity contribution >= 4 is 6.02 Å². The highest BCUT2D eigenvalue weighted by atomic mass is 16.5. The van der Waals surface area contributed by atoms with Gasteiger partial charge in [0.15, 0.2) is 5.54 Å². The highest BCUT2D eigenvalue weighted by molar-refractivity contribution is 5.80. The van der Waals surface area contributed by atoms with Gasteiger partial charge in [0, 0.05) is 29.7 Å². The normalized spacial score (nSPS) is 20.2. The molecular weight excluding hydrogens is 316 g/mol. The Morgan fingerprint density at radius 3 is 2.76 bits per heavy atom. The number of rotatable bonds is 1. The van der Waals surface area contributed by atoms with Crippen LogP contribution in [0.15, 0.2) is 66.0 Å². The Morgan fingerprint density at radius 2 is 1.96 bits per heavy atom. The van der Waals surface area contributed by atoms with E-state index in [0.717, 1.165) is 22.3 Å². The molecule has 0 aliphatic carbocycles. The van der Waals surface area contributed by atoms with Crippen molar-refractivity contribution in [2.45, 2.75) is 5.54 Å². The van der Waals surface area contributed by atoms with E-state index in [-0.39, 0.29) is 6.02 Å². The van der Waals surface area contributed by atoms with E-state index in [1.165, 1.54) is 0 Å². The molecule has 6 heteroatoms. The lowest BCUT2D eigenvalue weighted by Crippen LogP contribution is -2.32. The molecule has 122 valence electrons. The van der Waals surface area contributed by atoms with Gasteiger partial charge in [-0.15, -0.1) is 0 Å². The molecule has 6 nitrogen and oxygen atoms in total. The minimum atomic E-state index is -0.770. The van der Waals surface area contributed by atoms with Crippen molar-refractivity contribution in [2.75, 3.05) is 6.61 Å². The van der Waals surface area contributed by atoms with Crippen LogP contribution in [0.4, 0.5) is 0 Å². The SMILES string of the molecule is NC1=NC2(CO1)c1ccccc1Oc1nccc(-c3cccnc3)c12. The molecule has 0 saturated carbocycles. The monoisotopic (exact) mass is 330 g/mol. The fraction of sp³-hybridized carbons (Fsp3) is 0.105. The van der Waals surface area contributed by atoms with E-state index >= 15 is 0 Å². The number of nitrogens with zero attached hydrogens (tertiary/aromatic N) is 3. The van der Waals surface area contributed by atoms with E-state index in [1.807, 2.05) is 48.7 Å². The first kappa shape index (κ1) is 14.0. The van der Waals surface area contributed by atoms with Crippen molar-refractivity contribution in [3.05, 3.63) is 72.2 Å². The summed E-state index contributed by atoms with van der Waals surface area (Å²) < 4.78 is 11.6. The molecular formula is C19H14N4O2. The zero-order valence-corrected chi connectivity index (χ0v) is 13.2. The number of aliphatic imine (C=N–C) groups is 1. The van der Waals surface area contributed by atoms with E-state index in [4.69, 9.17) is 15.2 Å².